The van der Waals surface area contributed by atoms with Gasteiger partial charge in [-0.15, -0.1) is 0 Å². The highest BCUT2D eigenvalue weighted by Crippen LogP contribution is 2.17. The van der Waals surface area contributed by atoms with E-state index in [0.29, 0.717) is 5.57 Å². The number of nitrogens with zero attached hydrogens (tertiary/aromatic N) is 1. The van der Waals surface area contributed by atoms with E-state index in [1.807, 2.05) is 44.2 Å². The minimum atomic E-state index is 0.686. The third-order valence-electron chi connectivity index (χ3n) is 2.44. The fraction of sp³-hybridized carbons (Fsp3) is 0.353. The summed E-state index contributed by atoms with van der Waals surface area (Å²) >= 11 is 0. The Balaban J connectivity index is 0.00000137. The Labute approximate surface area is 111 Å². The van der Waals surface area contributed by atoms with E-state index in [4.69, 9.17) is 5.26 Å². The quantitative estimate of drug-likeness (QED) is 0.519. The van der Waals surface area contributed by atoms with Crippen molar-refractivity contribution in [2.24, 2.45) is 0 Å². The number of allylic oxidation sites excluding steroid dienone is 2. The lowest BCUT2D eigenvalue weighted by molar-refractivity contribution is 0.923. The zero-order valence-corrected chi connectivity index (χ0v) is 12.0. The molecule has 1 nitrogen and oxygen atoms in total. The summed E-state index contributed by atoms with van der Waals surface area (Å²) in [5.74, 6) is 0. The maximum atomic E-state index is 9.06. The van der Waals surface area contributed by atoms with E-state index in [9.17, 15) is 0 Å². The van der Waals surface area contributed by atoms with Crippen LogP contribution < -0.4 is 0 Å². The van der Waals surface area contributed by atoms with E-state index in [-0.39, 0.29) is 0 Å². The van der Waals surface area contributed by atoms with Gasteiger partial charge in [-0.1, -0.05) is 63.6 Å². The molecule has 0 amide bonds. The molecule has 0 heterocycles. The van der Waals surface area contributed by atoms with Crippen LogP contribution >= 0.6 is 0 Å². The summed E-state index contributed by atoms with van der Waals surface area (Å²) in [5, 5.41) is 9.06. The molecule has 0 aliphatic carbocycles. The van der Waals surface area contributed by atoms with Gasteiger partial charge in [0.1, 0.15) is 0 Å². The monoisotopic (exact) mass is 241 g/mol. The summed E-state index contributed by atoms with van der Waals surface area (Å²) in [6.45, 7) is 12.1. The molecule has 0 bridgehead atoms. The van der Waals surface area contributed by atoms with Crippen LogP contribution in [-0.4, -0.2) is 0 Å². The lowest BCUT2D eigenvalue weighted by Crippen LogP contribution is -1.85. The molecule has 0 fully saturated rings. The van der Waals surface area contributed by atoms with Gasteiger partial charge in [-0.2, -0.15) is 5.26 Å². The van der Waals surface area contributed by atoms with E-state index in [1.165, 1.54) is 5.56 Å². The molecule has 0 N–H and O–H groups in total. The smallest absolute Gasteiger partial charge is 0.0994 e. The number of benzene rings is 1. The molecule has 1 rings (SSSR count). The summed E-state index contributed by atoms with van der Waals surface area (Å²) in [7, 11) is 0. The Kier molecular flexibility index (Phi) is 8.31. The van der Waals surface area contributed by atoms with Crippen LogP contribution in [0, 0.1) is 18.3 Å². The van der Waals surface area contributed by atoms with Crippen molar-refractivity contribution in [2.75, 3.05) is 0 Å². The first-order valence-corrected chi connectivity index (χ1v) is 6.54. The van der Waals surface area contributed by atoms with Crippen LogP contribution in [0.25, 0.3) is 6.08 Å². The largest absolute Gasteiger partial charge is 0.192 e. The van der Waals surface area contributed by atoms with Crippen molar-refractivity contribution in [1.82, 2.24) is 0 Å². The van der Waals surface area contributed by atoms with E-state index in [2.05, 4.69) is 26.5 Å². The molecule has 0 saturated carbocycles. The molecule has 0 aliphatic heterocycles. The summed E-state index contributed by atoms with van der Waals surface area (Å²) in [6, 6.07) is 10.3. The number of hydrogen-bond donors (Lipinski definition) is 0. The lowest BCUT2D eigenvalue weighted by atomic mass is 10.0. The summed E-state index contributed by atoms with van der Waals surface area (Å²) in [4.78, 5) is 0. The summed E-state index contributed by atoms with van der Waals surface area (Å²) in [6.07, 6.45) is 3.80. The first-order chi connectivity index (χ1) is 8.67. The average molecular weight is 241 g/mol. The third-order valence-corrected chi connectivity index (χ3v) is 2.44. The molecular weight excluding hydrogens is 218 g/mol. The molecule has 18 heavy (non-hydrogen) atoms. The molecule has 0 radical (unpaired) electrons. The number of rotatable bonds is 4. The van der Waals surface area contributed by atoms with Gasteiger partial charge in [0.2, 0.25) is 0 Å². The van der Waals surface area contributed by atoms with Crippen molar-refractivity contribution in [3.63, 3.8) is 0 Å². The highest BCUT2D eigenvalue weighted by Gasteiger charge is 2.00. The van der Waals surface area contributed by atoms with Crippen molar-refractivity contribution in [2.45, 2.75) is 40.5 Å². The topological polar surface area (TPSA) is 23.8 Å². The fourth-order valence-corrected chi connectivity index (χ4v) is 1.48. The van der Waals surface area contributed by atoms with Gasteiger partial charge in [0, 0.05) is 0 Å². The van der Waals surface area contributed by atoms with E-state index in [0.717, 1.165) is 24.0 Å². The molecule has 0 unspecified atom stereocenters. The highest BCUT2D eigenvalue weighted by molar-refractivity contribution is 5.63. The molecule has 1 aromatic carbocycles. The van der Waals surface area contributed by atoms with Crippen LogP contribution in [0.1, 0.15) is 44.7 Å². The zero-order valence-electron chi connectivity index (χ0n) is 12.0. The molecule has 0 atom stereocenters. The van der Waals surface area contributed by atoms with E-state index >= 15 is 0 Å². The van der Waals surface area contributed by atoms with Gasteiger partial charge in [0.25, 0.3) is 0 Å². The summed E-state index contributed by atoms with van der Waals surface area (Å²) in [5.41, 5.74) is 3.89. The molecule has 0 saturated heterocycles. The Bertz CT molecular complexity index is 430. The normalized spacial score (nSPS) is 10.1. The zero-order chi connectivity index (χ0) is 14.0. The second kappa shape index (κ2) is 9.24. The predicted molar refractivity (Wildman–Crippen MR) is 80.2 cm³/mol. The Morgan fingerprint density at radius 1 is 1.28 bits per heavy atom. The van der Waals surface area contributed by atoms with Gasteiger partial charge in [0.15, 0.2) is 0 Å². The Morgan fingerprint density at radius 2 is 1.83 bits per heavy atom. The van der Waals surface area contributed by atoms with Crippen molar-refractivity contribution in [3.05, 3.63) is 53.1 Å². The minimum absolute atomic E-state index is 0.686. The maximum absolute atomic E-state index is 9.06. The standard InChI is InChI=1S/C15H17N.C2H6/c1-4-5-13(3)15(11-16)10-14-8-6-12(2)7-9-14;1-2/h6-10H,3-5H2,1-2H3;1-2H3/b15-10+;. The van der Waals surface area contributed by atoms with Gasteiger partial charge < -0.3 is 0 Å². The van der Waals surface area contributed by atoms with Crippen LogP contribution in [0.5, 0.6) is 0 Å². The van der Waals surface area contributed by atoms with Crippen molar-refractivity contribution in [1.29, 1.82) is 5.26 Å². The third kappa shape index (κ3) is 5.50. The molecule has 1 aromatic rings. The van der Waals surface area contributed by atoms with Crippen molar-refractivity contribution in [3.8, 4) is 6.07 Å². The molecule has 0 aromatic heterocycles. The molecule has 1 heteroatoms. The SMILES string of the molecule is C=C(CCC)/C(C#N)=C/c1ccc(C)cc1.CC. The Morgan fingerprint density at radius 3 is 2.28 bits per heavy atom. The second-order valence-corrected chi connectivity index (χ2v) is 3.93. The second-order valence-electron chi connectivity index (χ2n) is 3.93. The number of hydrogen-bond acceptors (Lipinski definition) is 1. The highest BCUT2D eigenvalue weighted by atomic mass is 14.2. The van der Waals surface area contributed by atoms with Gasteiger partial charge in [-0.05, 0) is 30.6 Å². The molecule has 0 aliphatic rings. The van der Waals surface area contributed by atoms with Crippen LogP contribution in [-0.2, 0) is 0 Å². The predicted octanol–water partition coefficient (Wildman–Crippen LogP) is 5.28. The number of aryl methyl sites for hydroxylation is 1. The lowest BCUT2D eigenvalue weighted by Gasteiger charge is -2.02. The Hall–Kier alpha value is -1.81. The van der Waals surface area contributed by atoms with Crippen LogP contribution in [0.15, 0.2) is 42.0 Å². The number of nitriles is 1. The van der Waals surface area contributed by atoms with Gasteiger partial charge in [-0.3, -0.25) is 0 Å². The molecular formula is C17H23N. The first-order valence-electron chi connectivity index (χ1n) is 6.54. The van der Waals surface area contributed by atoms with Crippen molar-refractivity contribution >= 4 is 6.08 Å². The van der Waals surface area contributed by atoms with Crippen LogP contribution in [0.2, 0.25) is 0 Å². The van der Waals surface area contributed by atoms with Gasteiger partial charge >= 0.3 is 0 Å². The fourth-order valence-electron chi connectivity index (χ4n) is 1.48. The van der Waals surface area contributed by atoms with E-state index < -0.39 is 0 Å². The average Bonchev–Trinajstić information content (AvgIpc) is 2.40. The van der Waals surface area contributed by atoms with Gasteiger partial charge in [0.05, 0.1) is 11.6 Å². The maximum Gasteiger partial charge on any atom is 0.0994 e. The first kappa shape index (κ1) is 16.2. The minimum Gasteiger partial charge on any atom is -0.192 e. The van der Waals surface area contributed by atoms with Gasteiger partial charge in [-0.25, -0.2) is 0 Å². The summed E-state index contributed by atoms with van der Waals surface area (Å²) < 4.78 is 0. The van der Waals surface area contributed by atoms with E-state index in [1.54, 1.807) is 0 Å². The van der Waals surface area contributed by atoms with Crippen LogP contribution in [0.3, 0.4) is 0 Å². The van der Waals surface area contributed by atoms with Crippen molar-refractivity contribution < 1.29 is 0 Å². The van der Waals surface area contributed by atoms with Crippen LogP contribution in [0.4, 0.5) is 0 Å². The molecule has 96 valence electrons. The molecule has 0 spiro atoms.